The van der Waals surface area contributed by atoms with E-state index in [1.807, 2.05) is 6.21 Å². The normalized spacial score (nSPS) is 36.4. The van der Waals surface area contributed by atoms with E-state index in [9.17, 15) is 0 Å². The van der Waals surface area contributed by atoms with Crippen molar-refractivity contribution in [3.8, 4) is 0 Å². The number of hydrogen-bond acceptors (Lipinski definition) is 1. The standard InChI is InChI=1S/C16H23N/c1-16-8-3-2-5-14(16)11-13(7-9-16)12-15-6-4-10-17-15/h6,10-11,13H,2-5,7-9,12H2,1H3/t13-,16-/m0/s1. The number of rotatable bonds is 2. The van der Waals surface area contributed by atoms with Gasteiger partial charge in [0.25, 0.3) is 0 Å². The van der Waals surface area contributed by atoms with E-state index in [0.717, 1.165) is 12.3 Å². The first kappa shape index (κ1) is 11.3. The second kappa shape index (κ2) is 4.44. The Balaban J connectivity index is 1.72. The molecule has 1 fully saturated rings. The summed E-state index contributed by atoms with van der Waals surface area (Å²) < 4.78 is 0. The highest BCUT2D eigenvalue weighted by atomic mass is 14.7. The molecule has 17 heavy (non-hydrogen) atoms. The molecular formula is C16H23N. The Kier molecular flexibility index (Phi) is 2.94. The third-order valence-electron chi connectivity index (χ3n) is 4.89. The average molecular weight is 229 g/mol. The Hall–Kier alpha value is -0.850. The SMILES string of the molecule is C[C@@]12CCCCC1=C[C@@H](CC1=CCC=N1)CC2. The minimum absolute atomic E-state index is 0.558. The van der Waals surface area contributed by atoms with Crippen molar-refractivity contribution in [2.24, 2.45) is 16.3 Å². The predicted molar refractivity (Wildman–Crippen MR) is 73.2 cm³/mol. The molecule has 0 aromatic carbocycles. The molecule has 1 aliphatic heterocycles. The lowest BCUT2D eigenvalue weighted by Crippen LogP contribution is -2.28. The van der Waals surface area contributed by atoms with Gasteiger partial charge in [0.1, 0.15) is 0 Å². The van der Waals surface area contributed by atoms with Crippen molar-refractivity contribution < 1.29 is 0 Å². The molecule has 3 aliphatic rings. The van der Waals surface area contributed by atoms with Gasteiger partial charge in [0, 0.05) is 18.3 Å². The van der Waals surface area contributed by atoms with Gasteiger partial charge >= 0.3 is 0 Å². The molecule has 1 heteroatoms. The summed E-state index contributed by atoms with van der Waals surface area (Å²) in [4.78, 5) is 4.46. The smallest absolute Gasteiger partial charge is 0.0369 e. The molecule has 0 bridgehead atoms. The van der Waals surface area contributed by atoms with Crippen LogP contribution in [0.3, 0.4) is 0 Å². The molecule has 0 aromatic rings. The van der Waals surface area contributed by atoms with E-state index in [2.05, 4.69) is 24.1 Å². The van der Waals surface area contributed by atoms with Crippen molar-refractivity contribution >= 4 is 6.21 Å². The maximum absolute atomic E-state index is 4.46. The van der Waals surface area contributed by atoms with Gasteiger partial charge in [-0.15, -0.1) is 0 Å². The van der Waals surface area contributed by atoms with E-state index < -0.39 is 0 Å². The topological polar surface area (TPSA) is 12.4 Å². The molecule has 0 saturated heterocycles. The lowest BCUT2D eigenvalue weighted by atomic mass is 9.64. The molecule has 1 saturated carbocycles. The van der Waals surface area contributed by atoms with Crippen LogP contribution in [0.2, 0.25) is 0 Å². The number of fused-ring (bicyclic) bond motifs is 1. The van der Waals surface area contributed by atoms with Gasteiger partial charge < -0.3 is 0 Å². The van der Waals surface area contributed by atoms with Crippen LogP contribution >= 0.6 is 0 Å². The van der Waals surface area contributed by atoms with Crippen LogP contribution in [0.15, 0.2) is 28.4 Å². The Labute approximate surface area is 105 Å². The highest BCUT2D eigenvalue weighted by Gasteiger charge is 2.35. The molecular weight excluding hydrogens is 206 g/mol. The summed E-state index contributed by atoms with van der Waals surface area (Å²) in [6.45, 7) is 2.49. The highest BCUT2D eigenvalue weighted by Crippen LogP contribution is 2.49. The largest absolute Gasteiger partial charge is 0.266 e. The van der Waals surface area contributed by atoms with Gasteiger partial charge in [-0.2, -0.15) is 0 Å². The van der Waals surface area contributed by atoms with Crippen molar-refractivity contribution in [3.05, 3.63) is 23.4 Å². The summed E-state index contributed by atoms with van der Waals surface area (Å²) in [6.07, 6.45) is 17.6. The molecule has 1 nitrogen and oxygen atoms in total. The van der Waals surface area contributed by atoms with Gasteiger partial charge in [-0.25, -0.2) is 0 Å². The maximum atomic E-state index is 4.46. The lowest BCUT2D eigenvalue weighted by Gasteiger charge is -2.41. The molecule has 0 unspecified atom stereocenters. The van der Waals surface area contributed by atoms with Gasteiger partial charge in [-0.3, -0.25) is 4.99 Å². The molecule has 1 heterocycles. The second-order valence-corrected chi connectivity index (χ2v) is 6.21. The fraction of sp³-hybridized carbons (Fsp3) is 0.688. The van der Waals surface area contributed by atoms with E-state index in [0.29, 0.717) is 5.41 Å². The number of hydrogen-bond donors (Lipinski definition) is 0. The second-order valence-electron chi connectivity index (χ2n) is 6.21. The van der Waals surface area contributed by atoms with Crippen molar-refractivity contribution in [1.82, 2.24) is 0 Å². The minimum atomic E-state index is 0.558. The summed E-state index contributed by atoms with van der Waals surface area (Å²) >= 11 is 0. The van der Waals surface area contributed by atoms with Gasteiger partial charge in [0.05, 0.1) is 0 Å². The van der Waals surface area contributed by atoms with Crippen LogP contribution in [-0.2, 0) is 0 Å². The zero-order valence-corrected chi connectivity index (χ0v) is 10.9. The molecule has 0 N–H and O–H groups in total. The van der Waals surface area contributed by atoms with E-state index in [1.165, 1.54) is 50.6 Å². The van der Waals surface area contributed by atoms with E-state index in [1.54, 1.807) is 5.57 Å². The summed E-state index contributed by atoms with van der Waals surface area (Å²) in [5.74, 6) is 0.762. The average Bonchev–Trinajstić information content (AvgIpc) is 2.82. The Morgan fingerprint density at radius 3 is 3.12 bits per heavy atom. The molecule has 2 atom stereocenters. The first-order chi connectivity index (χ1) is 8.26. The number of allylic oxidation sites excluding steroid dienone is 4. The minimum Gasteiger partial charge on any atom is -0.266 e. The molecule has 0 spiro atoms. The van der Waals surface area contributed by atoms with Crippen LogP contribution in [0.1, 0.15) is 58.3 Å². The molecule has 3 rings (SSSR count). The monoisotopic (exact) mass is 229 g/mol. The van der Waals surface area contributed by atoms with Gasteiger partial charge in [0.2, 0.25) is 0 Å². The van der Waals surface area contributed by atoms with Crippen molar-refractivity contribution in [1.29, 1.82) is 0 Å². The van der Waals surface area contributed by atoms with E-state index in [-0.39, 0.29) is 0 Å². The van der Waals surface area contributed by atoms with Crippen LogP contribution in [0, 0.1) is 11.3 Å². The summed E-state index contributed by atoms with van der Waals surface area (Å²) in [5, 5.41) is 0. The molecule has 0 radical (unpaired) electrons. The van der Waals surface area contributed by atoms with E-state index in [4.69, 9.17) is 0 Å². The van der Waals surface area contributed by atoms with Crippen molar-refractivity contribution in [3.63, 3.8) is 0 Å². The zero-order valence-electron chi connectivity index (χ0n) is 10.9. The summed E-state index contributed by atoms with van der Waals surface area (Å²) in [5.41, 5.74) is 3.65. The highest BCUT2D eigenvalue weighted by molar-refractivity contribution is 5.64. The molecule has 0 amide bonds. The number of aliphatic imine (C=N–C) groups is 1. The van der Waals surface area contributed by atoms with Crippen LogP contribution < -0.4 is 0 Å². The van der Waals surface area contributed by atoms with Crippen LogP contribution in [0.5, 0.6) is 0 Å². The van der Waals surface area contributed by atoms with E-state index >= 15 is 0 Å². The molecule has 92 valence electrons. The lowest BCUT2D eigenvalue weighted by molar-refractivity contribution is 0.241. The Bertz CT molecular complexity index is 388. The fourth-order valence-electron chi connectivity index (χ4n) is 3.71. The third-order valence-corrected chi connectivity index (χ3v) is 4.89. The van der Waals surface area contributed by atoms with Crippen LogP contribution in [0.4, 0.5) is 0 Å². The molecule has 0 aromatic heterocycles. The van der Waals surface area contributed by atoms with Crippen LogP contribution in [-0.4, -0.2) is 6.21 Å². The summed E-state index contributed by atoms with van der Waals surface area (Å²) in [7, 11) is 0. The van der Waals surface area contributed by atoms with Gasteiger partial charge in [-0.1, -0.05) is 31.1 Å². The fourth-order valence-corrected chi connectivity index (χ4v) is 3.71. The Morgan fingerprint density at radius 2 is 2.29 bits per heavy atom. The van der Waals surface area contributed by atoms with Crippen molar-refractivity contribution in [2.45, 2.75) is 58.3 Å². The van der Waals surface area contributed by atoms with Gasteiger partial charge in [-0.05, 0) is 49.9 Å². The number of nitrogens with zero attached hydrogens (tertiary/aromatic N) is 1. The van der Waals surface area contributed by atoms with Crippen LogP contribution in [0.25, 0.3) is 0 Å². The Morgan fingerprint density at radius 1 is 1.35 bits per heavy atom. The molecule has 2 aliphatic carbocycles. The van der Waals surface area contributed by atoms with Gasteiger partial charge in [0.15, 0.2) is 0 Å². The third kappa shape index (κ3) is 2.25. The van der Waals surface area contributed by atoms with Crippen molar-refractivity contribution in [2.75, 3.05) is 0 Å². The first-order valence-corrected chi connectivity index (χ1v) is 7.19. The first-order valence-electron chi connectivity index (χ1n) is 7.19. The zero-order chi connectivity index (χ0) is 11.7. The quantitative estimate of drug-likeness (QED) is 0.611. The predicted octanol–water partition coefficient (Wildman–Crippen LogP) is 4.65. The summed E-state index contributed by atoms with van der Waals surface area (Å²) in [6, 6.07) is 0. The maximum Gasteiger partial charge on any atom is 0.0369 e.